The van der Waals surface area contributed by atoms with E-state index in [1.807, 2.05) is 13.2 Å². The molecule has 0 N–H and O–H groups in total. The fourth-order valence-corrected chi connectivity index (χ4v) is 5.40. The van der Waals surface area contributed by atoms with Crippen LogP contribution in [0.25, 0.3) is 0 Å². The number of halogens is 6. The Balaban J connectivity index is 2.19. The van der Waals surface area contributed by atoms with Crippen molar-refractivity contribution < 1.29 is 22.3 Å². The largest absolute Gasteiger partial charge is 0.361 e. The van der Waals surface area contributed by atoms with Gasteiger partial charge in [-0.3, -0.25) is 0 Å². The molecule has 2 aromatic carbocycles. The number of hydrogen-bond donors (Lipinski definition) is 0. The summed E-state index contributed by atoms with van der Waals surface area (Å²) in [6, 6.07) is 5.39. The van der Waals surface area contributed by atoms with Crippen molar-refractivity contribution in [3.05, 3.63) is 80.2 Å². The quantitative estimate of drug-likeness (QED) is 0.0859. The maximum atomic E-state index is 14.4. The average molecular weight is 566 g/mol. The summed E-state index contributed by atoms with van der Waals surface area (Å²) in [6.07, 6.45) is 1.85. The third kappa shape index (κ3) is 6.43. The smallest absolute Gasteiger partial charge is 0.177 e. The van der Waals surface area contributed by atoms with Crippen LogP contribution in [-0.4, -0.2) is 30.5 Å². The van der Waals surface area contributed by atoms with Crippen LogP contribution in [0.4, 0.5) is 17.6 Å². The molecule has 0 radical (unpaired) electrons. The third-order valence-corrected chi connectivity index (χ3v) is 8.58. The van der Waals surface area contributed by atoms with Gasteiger partial charge in [-0.25, -0.2) is 22.5 Å². The molecule has 0 saturated carbocycles. The van der Waals surface area contributed by atoms with Gasteiger partial charge in [0.25, 0.3) is 0 Å². The van der Waals surface area contributed by atoms with Crippen LogP contribution in [-0.2, 0) is 11.5 Å². The SMILES string of the molecule is CSc1nc(C(c2cc(F)c(F)c(Cl)c2)c2cc(F)c(F)c(Cl)c2)n(COCC[Si](C)(C)C)c1C. The standard InChI is InChI=1S/C24H26Cl2F4N2OSSi/c1-13-24(34-2)31-23(32(13)12-33-6-7-35(3,4)5)20(14-8-16(25)21(29)18(27)10-14)15-9-17(26)22(30)19(28)11-15/h8-11,20H,6-7,12H2,1-5H3. The van der Waals surface area contributed by atoms with Crippen molar-refractivity contribution in [2.24, 2.45) is 0 Å². The fraction of sp³-hybridized carbons (Fsp3) is 0.375. The minimum atomic E-state index is -1.33. The first-order valence-corrected chi connectivity index (χ1v) is 16.5. The van der Waals surface area contributed by atoms with Crippen LogP contribution >= 0.6 is 35.0 Å². The van der Waals surface area contributed by atoms with Crippen molar-refractivity contribution in [2.75, 3.05) is 12.9 Å². The highest BCUT2D eigenvalue weighted by atomic mass is 35.5. The molecule has 1 aromatic heterocycles. The van der Waals surface area contributed by atoms with E-state index in [0.29, 0.717) is 17.5 Å². The fourth-order valence-electron chi connectivity index (χ4n) is 3.62. The minimum Gasteiger partial charge on any atom is -0.361 e. The summed E-state index contributed by atoms with van der Waals surface area (Å²) in [5.74, 6) is -5.29. The van der Waals surface area contributed by atoms with Crippen LogP contribution in [0.2, 0.25) is 35.7 Å². The van der Waals surface area contributed by atoms with Gasteiger partial charge in [0.05, 0.1) is 21.7 Å². The summed E-state index contributed by atoms with van der Waals surface area (Å²) < 4.78 is 64.5. The molecule has 0 atom stereocenters. The number of ether oxygens (including phenoxy) is 1. The summed E-state index contributed by atoms with van der Waals surface area (Å²) in [5.41, 5.74) is 1.20. The first-order valence-electron chi connectivity index (χ1n) is 10.8. The van der Waals surface area contributed by atoms with Crippen molar-refractivity contribution in [2.45, 2.75) is 50.3 Å². The molecule has 11 heteroatoms. The van der Waals surface area contributed by atoms with Gasteiger partial charge in [0.15, 0.2) is 23.3 Å². The molecule has 35 heavy (non-hydrogen) atoms. The molecule has 0 aliphatic rings. The van der Waals surface area contributed by atoms with E-state index in [9.17, 15) is 17.6 Å². The molecule has 3 rings (SSSR count). The maximum absolute atomic E-state index is 14.4. The Kier molecular flexibility index (Phi) is 9.02. The maximum Gasteiger partial charge on any atom is 0.177 e. The van der Waals surface area contributed by atoms with Crippen LogP contribution < -0.4 is 0 Å². The number of rotatable bonds is 9. The highest BCUT2D eigenvalue weighted by molar-refractivity contribution is 7.98. The molecule has 0 amide bonds. The van der Waals surface area contributed by atoms with E-state index in [1.165, 1.54) is 23.9 Å². The summed E-state index contributed by atoms with van der Waals surface area (Å²) in [7, 11) is -1.33. The van der Waals surface area contributed by atoms with Crippen LogP contribution in [0, 0.1) is 30.2 Å². The molecule has 0 bridgehead atoms. The van der Waals surface area contributed by atoms with Crippen molar-refractivity contribution in [3.8, 4) is 0 Å². The van der Waals surface area contributed by atoms with Crippen molar-refractivity contribution >= 4 is 43.0 Å². The van der Waals surface area contributed by atoms with Crippen LogP contribution in [0.1, 0.15) is 28.6 Å². The van der Waals surface area contributed by atoms with Crippen molar-refractivity contribution in [1.29, 1.82) is 0 Å². The Bertz CT molecular complexity index is 1130. The number of hydrogen-bond acceptors (Lipinski definition) is 3. The summed E-state index contributed by atoms with van der Waals surface area (Å²) >= 11 is 13.3. The molecular formula is C24H26Cl2F4N2OSSi. The van der Waals surface area contributed by atoms with Crippen LogP contribution in [0.15, 0.2) is 29.3 Å². The zero-order valence-electron chi connectivity index (χ0n) is 20.0. The van der Waals surface area contributed by atoms with Gasteiger partial charge in [-0.2, -0.15) is 0 Å². The predicted molar refractivity (Wildman–Crippen MR) is 137 cm³/mol. The number of nitrogens with zero attached hydrogens (tertiary/aromatic N) is 2. The third-order valence-electron chi connectivity index (χ3n) is 5.55. The highest BCUT2D eigenvalue weighted by Crippen LogP contribution is 2.38. The molecule has 3 aromatic rings. The van der Waals surface area contributed by atoms with E-state index in [-0.39, 0.29) is 17.9 Å². The van der Waals surface area contributed by atoms with Crippen molar-refractivity contribution in [1.82, 2.24) is 9.55 Å². The Hall–Kier alpha value is -1.52. The second kappa shape index (κ2) is 11.3. The molecule has 3 nitrogen and oxygen atoms in total. The molecule has 1 heterocycles. The van der Waals surface area contributed by atoms with Gasteiger partial charge in [0, 0.05) is 14.7 Å². The van der Waals surface area contributed by atoms with Crippen LogP contribution in [0.3, 0.4) is 0 Å². The van der Waals surface area contributed by atoms with Gasteiger partial charge >= 0.3 is 0 Å². The Morgan fingerprint density at radius 1 is 0.971 bits per heavy atom. The molecule has 190 valence electrons. The van der Waals surface area contributed by atoms with Gasteiger partial charge in [-0.1, -0.05) is 42.8 Å². The zero-order valence-corrected chi connectivity index (χ0v) is 23.3. The van der Waals surface area contributed by atoms with Gasteiger partial charge in [-0.05, 0) is 54.6 Å². The number of thioether (sulfide) groups is 1. The molecule has 0 spiro atoms. The molecular weight excluding hydrogens is 539 g/mol. The van der Waals surface area contributed by atoms with Crippen LogP contribution in [0.5, 0.6) is 0 Å². The van der Waals surface area contributed by atoms with Gasteiger partial charge in [-0.15, -0.1) is 11.8 Å². The molecule has 0 fully saturated rings. The van der Waals surface area contributed by atoms with Crippen molar-refractivity contribution in [3.63, 3.8) is 0 Å². The lowest BCUT2D eigenvalue weighted by Gasteiger charge is -2.22. The Labute approximate surface area is 217 Å². The van der Waals surface area contributed by atoms with E-state index in [2.05, 4.69) is 19.6 Å². The topological polar surface area (TPSA) is 27.1 Å². The first kappa shape index (κ1) is 28.1. The summed E-state index contributed by atoms with van der Waals surface area (Å²) in [5, 5.41) is -0.198. The second-order valence-electron chi connectivity index (χ2n) is 9.37. The lowest BCUT2D eigenvalue weighted by atomic mass is 9.90. The second-order valence-corrected chi connectivity index (χ2v) is 16.6. The lowest BCUT2D eigenvalue weighted by Crippen LogP contribution is -2.22. The average Bonchev–Trinajstić information content (AvgIpc) is 3.07. The van der Waals surface area contributed by atoms with E-state index in [4.69, 9.17) is 32.9 Å². The molecule has 0 saturated heterocycles. The zero-order chi connectivity index (χ0) is 26.1. The molecule has 0 aliphatic carbocycles. The first-order chi connectivity index (χ1) is 16.3. The predicted octanol–water partition coefficient (Wildman–Crippen LogP) is 8.27. The number of aromatic nitrogens is 2. The van der Waals surface area contributed by atoms with Gasteiger partial charge in [0.1, 0.15) is 17.6 Å². The molecule has 0 unspecified atom stereocenters. The monoisotopic (exact) mass is 564 g/mol. The summed E-state index contributed by atoms with van der Waals surface area (Å²) in [6.45, 7) is 9.27. The lowest BCUT2D eigenvalue weighted by molar-refractivity contribution is 0.0835. The van der Waals surface area contributed by atoms with E-state index in [1.54, 1.807) is 4.57 Å². The Morgan fingerprint density at radius 3 is 1.91 bits per heavy atom. The summed E-state index contributed by atoms with van der Waals surface area (Å²) in [4.78, 5) is 4.71. The minimum absolute atomic E-state index is 0.143. The molecule has 0 aliphatic heterocycles. The number of imidazole rings is 1. The van der Waals surface area contributed by atoms with E-state index in [0.717, 1.165) is 23.9 Å². The normalized spacial score (nSPS) is 12.1. The van der Waals surface area contributed by atoms with Gasteiger partial charge < -0.3 is 9.30 Å². The van der Waals surface area contributed by atoms with E-state index >= 15 is 0 Å². The highest BCUT2D eigenvalue weighted by Gasteiger charge is 2.29. The van der Waals surface area contributed by atoms with E-state index < -0.39 is 47.3 Å². The Morgan fingerprint density at radius 2 is 1.49 bits per heavy atom. The van der Waals surface area contributed by atoms with Gasteiger partial charge in [0.2, 0.25) is 0 Å². The number of benzene rings is 2.